The van der Waals surface area contributed by atoms with Crippen molar-refractivity contribution >= 4 is 11.6 Å². The zero-order valence-corrected chi connectivity index (χ0v) is 12.0. The quantitative estimate of drug-likeness (QED) is 0.912. The Hall–Kier alpha value is -1.59. The van der Waals surface area contributed by atoms with Gasteiger partial charge in [0.25, 0.3) is 0 Å². The van der Waals surface area contributed by atoms with Gasteiger partial charge in [0.1, 0.15) is 0 Å². The van der Waals surface area contributed by atoms with Crippen LogP contribution in [0.1, 0.15) is 22.9 Å². The minimum absolute atomic E-state index is 0.157. The first kappa shape index (κ1) is 15.8. The first-order valence-electron chi connectivity index (χ1n) is 6.35. The lowest BCUT2D eigenvalue weighted by Crippen LogP contribution is -2.20. The highest BCUT2D eigenvalue weighted by molar-refractivity contribution is 6.31. The maximum atomic E-state index is 12.5. The molecular weight excluding hydrogens is 301 g/mol. The highest BCUT2D eigenvalue weighted by Gasteiger charge is 2.30. The van der Waals surface area contributed by atoms with Crippen molar-refractivity contribution in [3.05, 3.63) is 64.4 Å². The summed E-state index contributed by atoms with van der Waals surface area (Å²) in [4.78, 5) is 4.23. The molecule has 0 saturated heterocycles. The van der Waals surface area contributed by atoms with E-state index in [9.17, 15) is 13.2 Å². The molecule has 1 atom stereocenters. The minimum atomic E-state index is -4.31. The van der Waals surface area contributed by atoms with Crippen LogP contribution in [0, 0.1) is 0 Å². The molecule has 1 N–H and O–H groups in total. The van der Waals surface area contributed by atoms with Gasteiger partial charge >= 0.3 is 6.18 Å². The minimum Gasteiger partial charge on any atom is -0.311 e. The lowest BCUT2D eigenvalue weighted by Gasteiger charge is -2.17. The van der Waals surface area contributed by atoms with Gasteiger partial charge in [0.15, 0.2) is 0 Å². The molecule has 0 aliphatic rings. The molecule has 0 saturated carbocycles. The van der Waals surface area contributed by atoms with Crippen LogP contribution in [-0.2, 0) is 12.6 Å². The van der Waals surface area contributed by atoms with Crippen molar-refractivity contribution in [3.63, 3.8) is 0 Å². The van der Waals surface area contributed by atoms with E-state index < -0.39 is 11.7 Å². The molecule has 6 heteroatoms. The van der Waals surface area contributed by atoms with Crippen molar-refractivity contribution in [2.45, 2.75) is 18.6 Å². The van der Waals surface area contributed by atoms with Crippen LogP contribution < -0.4 is 5.32 Å². The van der Waals surface area contributed by atoms with Crippen molar-refractivity contribution in [1.29, 1.82) is 0 Å². The van der Waals surface area contributed by atoms with E-state index in [-0.39, 0.29) is 6.04 Å². The van der Waals surface area contributed by atoms with Crippen LogP contribution in [-0.4, -0.2) is 12.0 Å². The normalized spacial score (nSPS) is 13.2. The molecule has 0 aliphatic heterocycles. The molecule has 1 aromatic carbocycles. The summed E-state index contributed by atoms with van der Waals surface area (Å²) < 4.78 is 37.6. The number of nitrogens with one attached hydrogen (secondary N) is 1. The fourth-order valence-corrected chi connectivity index (χ4v) is 2.31. The lowest BCUT2D eigenvalue weighted by atomic mass is 10.0. The third-order valence-electron chi connectivity index (χ3n) is 3.19. The third-order valence-corrected chi connectivity index (χ3v) is 3.51. The van der Waals surface area contributed by atoms with E-state index in [1.807, 2.05) is 0 Å². The Morgan fingerprint density at radius 1 is 1.19 bits per heavy atom. The second kappa shape index (κ2) is 6.45. The number of pyridine rings is 1. The van der Waals surface area contributed by atoms with Gasteiger partial charge < -0.3 is 5.32 Å². The van der Waals surface area contributed by atoms with Gasteiger partial charge in [-0.25, -0.2) is 0 Å². The molecule has 0 radical (unpaired) electrons. The van der Waals surface area contributed by atoms with Crippen LogP contribution in [0.5, 0.6) is 0 Å². The number of likely N-dealkylation sites (N-methyl/N-ethyl adjacent to an activating group) is 1. The van der Waals surface area contributed by atoms with E-state index in [1.54, 1.807) is 25.4 Å². The van der Waals surface area contributed by atoms with E-state index in [2.05, 4.69) is 10.3 Å². The zero-order valence-electron chi connectivity index (χ0n) is 11.3. The van der Waals surface area contributed by atoms with Crippen LogP contribution in [0.25, 0.3) is 0 Å². The van der Waals surface area contributed by atoms with Crippen LogP contribution in [0.4, 0.5) is 13.2 Å². The van der Waals surface area contributed by atoms with Crippen LogP contribution in [0.2, 0.25) is 5.02 Å². The number of halogens is 4. The van der Waals surface area contributed by atoms with Gasteiger partial charge in [-0.15, -0.1) is 0 Å². The smallest absolute Gasteiger partial charge is 0.311 e. The second-order valence-corrected chi connectivity index (χ2v) is 5.02. The molecule has 0 spiro atoms. The van der Waals surface area contributed by atoms with Crippen molar-refractivity contribution in [2.24, 2.45) is 0 Å². The zero-order chi connectivity index (χ0) is 15.5. The van der Waals surface area contributed by atoms with E-state index in [4.69, 9.17) is 11.6 Å². The predicted molar refractivity (Wildman–Crippen MR) is 76.2 cm³/mol. The molecule has 21 heavy (non-hydrogen) atoms. The molecule has 112 valence electrons. The molecule has 2 aromatic rings. The molecule has 1 aromatic heterocycles. The molecule has 0 fully saturated rings. The van der Waals surface area contributed by atoms with Gasteiger partial charge in [0.2, 0.25) is 0 Å². The summed E-state index contributed by atoms with van der Waals surface area (Å²) in [5, 5.41) is 3.61. The van der Waals surface area contributed by atoms with Crippen LogP contribution in [0.15, 0.2) is 42.6 Å². The molecule has 0 aliphatic carbocycles. The Morgan fingerprint density at radius 3 is 2.38 bits per heavy atom. The average Bonchev–Trinajstić information content (AvgIpc) is 2.45. The van der Waals surface area contributed by atoms with E-state index >= 15 is 0 Å². The molecule has 2 rings (SSSR count). The summed E-state index contributed by atoms with van der Waals surface area (Å²) in [5.41, 5.74) is 0.814. The Balaban J connectivity index is 2.18. The maximum absolute atomic E-state index is 12.5. The molecule has 1 unspecified atom stereocenters. The number of aromatic nitrogens is 1. The number of hydrogen-bond acceptors (Lipinski definition) is 2. The first-order chi connectivity index (χ1) is 9.91. The van der Waals surface area contributed by atoms with Crippen molar-refractivity contribution < 1.29 is 13.2 Å². The third kappa shape index (κ3) is 3.95. The lowest BCUT2D eigenvalue weighted by molar-refractivity contribution is -0.137. The number of alkyl halides is 3. The Labute approximate surface area is 126 Å². The molecule has 0 amide bonds. The topological polar surface area (TPSA) is 24.9 Å². The van der Waals surface area contributed by atoms with E-state index in [0.29, 0.717) is 17.1 Å². The molecule has 1 heterocycles. The summed E-state index contributed by atoms with van der Waals surface area (Å²) in [6.45, 7) is 0. The predicted octanol–water partition coefficient (Wildman–Crippen LogP) is 4.26. The number of nitrogens with zero attached hydrogens (tertiary/aromatic N) is 1. The highest BCUT2D eigenvalue weighted by Crippen LogP contribution is 2.30. The standard InChI is InChI=1S/C15H14ClF3N2/c1-20-13(14-12(16)3-2-8-21-14)9-10-4-6-11(7-5-10)15(17,18)19/h2-8,13,20H,9H2,1H3. The summed E-state index contributed by atoms with van der Waals surface area (Å²) in [6, 6.07) is 8.44. The van der Waals surface area contributed by atoms with Gasteiger partial charge in [-0.3, -0.25) is 4.98 Å². The van der Waals surface area contributed by atoms with Crippen molar-refractivity contribution in [2.75, 3.05) is 7.05 Å². The van der Waals surface area contributed by atoms with Crippen LogP contribution >= 0.6 is 11.6 Å². The fourth-order valence-electron chi connectivity index (χ4n) is 2.06. The van der Waals surface area contributed by atoms with Gasteiger partial charge in [-0.1, -0.05) is 23.7 Å². The number of rotatable bonds is 4. The van der Waals surface area contributed by atoms with Gasteiger partial charge in [-0.2, -0.15) is 13.2 Å². The van der Waals surface area contributed by atoms with Crippen LogP contribution in [0.3, 0.4) is 0 Å². The SMILES string of the molecule is CNC(Cc1ccc(C(F)(F)F)cc1)c1ncccc1Cl. The summed E-state index contributed by atoms with van der Waals surface area (Å²) >= 11 is 6.10. The number of benzene rings is 1. The molecular formula is C15H14ClF3N2. The number of hydrogen-bond donors (Lipinski definition) is 1. The van der Waals surface area contributed by atoms with Crippen molar-refractivity contribution in [3.8, 4) is 0 Å². The van der Waals surface area contributed by atoms with Crippen molar-refractivity contribution in [1.82, 2.24) is 10.3 Å². The molecule has 2 nitrogen and oxygen atoms in total. The molecule has 0 bridgehead atoms. The second-order valence-electron chi connectivity index (χ2n) is 4.61. The summed E-state index contributed by atoms with van der Waals surface area (Å²) in [5.74, 6) is 0. The summed E-state index contributed by atoms with van der Waals surface area (Å²) in [6.07, 6.45) is -2.17. The largest absolute Gasteiger partial charge is 0.416 e. The van der Waals surface area contributed by atoms with E-state index in [0.717, 1.165) is 17.7 Å². The summed E-state index contributed by atoms with van der Waals surface area (Å²) in [7, 11) is 1.76. The van der Waals surface area contributed by atoms with Gasteiger partial charge in [0.05, 0.1) is 22.3 Å². The highest BCUT2D eigenvalue weighted by atomic mass is 35.5. The first-order valence-corrected chi connectivity index (χ1v) is 6.73. The fraction of sp³-hybridized carbons (Fsp3) is 0.267. The Morgan fingerprint density at radius 2 is 1.86 bits per heavy atom. The average molecular weight is 315 g/mol. The Bertz CT molecular complexity index is 597. The van der Waals surface area contributed by atoms with Gasteiger partial charge in [0, 0.05) is 6.20 Å². The van der Waals surface area contributed by atoms with Gasteiger partial charge in [-0.05, 0) is 43.3 Å². The Kier molecular flexibility index (Phi) is 4.85. The monoisotopic (exact) mass is 314 g/mol. The van der Waals surface area contributed by atoms with E-state index in [1.165, 1.54) is 12.1 Å². The maximum Gasteiger partial charge on any atom is 0.416 e.